The monoisotopic (exact) mass is 432 g/mol. The predicted molar refractivity (Wildman–Crippen MR) is 116 cm³/mol. The molecule has 1 N–H and O–H groups in total. The lowest BCUT2D eigenvalue weighted by atomic mass is 9.93. The van der Waals surface area contributed by atoms with Gasteiger partial charge in [0.05, 0.1) is 12.8 Å². The summed E-state index contributed by atoms with van der Waals surface area (Å²) in [6.07, 6.45) is 5.98. The van der Waals surface area contributed by atoms with Crippen LogP contribution in [-0.4, -0.2) is 44.9 Å². The van der Waals surface area contributed by atoms with Crippen LogP contribution in [0.5, 0.6) is 11.6 Å². The molecular weight excluding hydrogens is 408 g/mol. The van der Waals surface area contributed by atoms with E-state index in [1.807, 2.05) is 30.3 Å². The molecule has 1 saturated carbocycles. The zero-order valence-electron chi connectivity index (χ0n) is 18.0. The third-order valence-electron chi connectivity index (χ3n) is 5.55. The molecule has 4 rings (SSSR count). The molecule has 0 saturated heterocycles. The smallest absolute Gasteiger partial charge is 0.269 e. The number of ether oxygens (including phenoxy) is 2. The molecule has 3 aromatic rings. The van der Waals surface area contributed by atoms with Crippen LogP contribution in [0.15, 0.2) is 42.7 Å². The van der Waals surface area contributed by atoms with Crippen molar-refractivity contribution >= 4 is 5.91 Å². The van der Waals surface area contributed by atoms with Crippen LogP contribution < -0.4 is 14.8 Å². The molecule has 0 aliphatic heterocycles. The van der Waals surface area contributed by atoms with Gasteiger partial charge >= 0.3 is 0 Å². The standard InChI is InChI=1S/C23H24N6O3/c1-29-20(13-18(28-29)17-5-3-4-6-21(17)31-2)22(30)27-15-7-9-16(10-8-15)32-23-19(14-24)25-11-12-26-23/h3-6,11-13,15-16H,7-10H2,1-2H3,(H,27,30). The molecule has 2 heterocycles. The Morgan fingerprint density at radius 2 is 1.94 bits per heavy atom. The van der Waals surface area contributed by atoms with Crippen LogP contribution in [0, 0.1) is 11.3 Å². The van der Waals surface area contributed by atoms with Gasteiger partial charge in [0.1, 0.15) is 23.6 Å². The van der Waals surface area contributed by atoms with Crippen LogP contribution in [0.2, 0.25) is 0 Å². The van der Waals surface area contributed by atoms with Gasteiger partial charge in [-0.05, 0) is 43.9 Å². The van der Waals surface area contributed by atoms with E-state index >= 15 is 0 Å². The third kappa shape index (κ3) is 4.54. The number of hydrogen-bond donors (Lipinski definition) is 1. The Balaban J connectivity index is 1.36. The molecule has 0 atom stereocenters. The number of para-hydroxylation sites is 1. The molecule has 1 fully saturated rings. The Kier molecular flexibility index (Phi) is 6.31. The molecule has 32 heavy (non-hydrogen) atoms. The number of carbonyl (C=O) groups is 1. The highest BCUT2D eigenvalue weighted by Crippen LogP contribution is 2.29. The lowest BCUT2D eigenvalue weighted by molar-refractivity contribution is 0.0880. The first-order chi connectivity index (χ1) is 15.6. The summed E-state index contributed by atoms with van der Waals surface area (Å²) in [4.78, 5) is 21.0. The van der Waals surface area contributed by atoms with Crippen molar-refractivity contribution in [3.63, 3.8) is 0 Å². The van der Waals surface area contributed by atoms with Crippen molar-refractivity contribution in [2.45, 2.75) is 37.8 Å². The van der Waals surface area contributed by atoms with E-state index in [1.54, 1.807) is 24.9 Å². The molecule has 1 aliphatic carbocycles. The van der Waals surface area contributed by atoms with E-state index in [1.165, 1.54) is 12.4 Å². The number of nitriles is 1. The van der Waals surface area contributed by atoms with Crippen LogP contribution in [0.4, 0.5) is 0 Å². The van der Waals surface area contributed by atoms with Crippen molar-refractivity contribution in [1.82, 2.24) is 25.1 Å². The Bertz CT molecular complexity index is 1140. The molecule has 1 amide bonds. The Labute approximate surface area is 186 Å². The fourth-order valence-corrected chi connectivity index (χ4v) is 3.90. The van der Waals surface area contributed by atoms with Crippen molar-refractivity contribution < 1.29 is 14.3 Å². The second-order valence-corrected chi connectivity index (χ2v) is 7.63. The fraction of sp³-hybridized carbons (Fsp3) is 0.348. The van der Waals surface area contributed by atoms with Gasteiger partial charge in [0.25, 0.3) is 11.8 Å². The molecule has 164 valence electrons. The van der Waals surface area contributed by atoms with E-state index < -0.39 is 0 Å². The molecule has 2 aromatic heterocycles. The van der Waals surface area contributed by atoms with Gasteiger partial charge in [0.15, 0.2) is 0 Å². The summed E-state index contributed by atoms with van der Waals surface area (Å²) in [7, 11) is 3.37. The first-order valence-electron chi connectivity index (χ1n) is 10.4. The van der Waals surface area contributed by atoms with Gasteiger partial charge in [-0.2, -0.15) is 10.4 Å². The van der Waals surface area contributed by atoms with Crippen molar-refractivity contribution in [1.29, 1.82) is 5.26 Å². The minimum atomic E-state index is -0.161. The van der Waals surface area contributed by atoms with Gasteiger partial charge in [0.2, 0.25) is 5.69 Å². The molecule has 0 spiro atoms. The second kappa shape index (κ2) is 9.47. The molecule has 0 unspecified atom stereocenters. The van der Waals surface area contributed by atoms with E-state index in [2.05, 4.69) is 20.4 Å². The van der Waals surface area contributed by atoms with Crippen LogP contribution in [0.3, 0.4) is 0 Å². The molecule has 1 aliphatic rings. The number of rotatable bonds is 6. The van der Waals surface area contributed by atoms with E-state index in [9.17, 15) is 4.79 Å². The molecule has 9 heteroatoms. The summed E-state index contributed by atoms with van der Waals surface area (Å²) >= 11 is 0. The maximum Gasteiger partial charge on any atom is 0.269 e. The summed E-state index contributed by atoms with van der Waals surface area (Å²) in [5, 5.41) is 16.7. The lowest BCUT2D eigenvalue weighted by Gasteiger charge is -2.29. The number of carbonyl (C=O) groups excluding carboxylic acids is 1. The predicted octanol–water partition coefficient (Wildman–Crippen LogP) is 2.88. The zero-order valence-corrected chi connectivity index (χ0v) is 18.0. The number of methoxy groups -OCH3 is 1. The Hall–Kier alpha value is -3.93. The van der Waals surface area contributed by atoms with Crippen LogP contribution in [-0.2, 0) is 7.05 Å². The highest BCUT2D eigenvalue weighted by molar-refractivity contribution is 5.94. The summed E-state index contributed by atoms with van der Waals surface area (Å²) in [6, 6.07) is 11.4. The van der Waals surface area contributed by atoms with Crippen molar-refractivity contribution in [2.24, 2.45) is 7.05 Å². The Morgan fingerprint density at radius 1 is 1.19 bits per heavy atom. The largest absolute Gasteiger partial charge is 0.496 e. The maximum absolute atomic E-state index is 12.9. The lowest BCUT2D eigenvalue weighted by Crippen LogP contribution is -2.40. The fourth-order valence-electron chi connectivity index (χ4n) is 3.90. The van der Waals surface area contributed by atoms with Gasteiger partial charge in [-0.1, -0.05) is 12.1 Å². The van der Waals surface area contributed by atoms with Gasteiger partial charge in [-0.25, -0.2) is 9.97 Å². The summed E-state index contributed by atoms with van der Waals surface area (Å²) in [5.41, 5.74) is 2.19. The van der Waals surface area contributed by atoms with E-state index in [4.69, 9.17) is 14.7 Å². The highest BCUT2D eigenvalue weighted by atomic mass is 16.5. The minimum Gasteiger partial charge on any atom is -0.496 e. The average molecular weight is 432 g/mol. The summed E-state index contributed by atoms with van der Waals surface area (Å²) in [6.45, 7) is 0. The number of benzene rings is 1. The van der Waals surface area contributed by atoms with E-state index in [-0.39, 0.29) is 29.6 Å². The van der Waals surface area contributed by atoms with Crippen LogP contribution in [0.1, 0.15) is 41.9 Å². The Morgan fingerprint density at radius 3 is 2.69 bits per heavy atom. The number of aryl methyl sites for hydroxylation is 1. The number of nitrogens with zero attached hydrogens (tertiary/aromatic N) is 5. The van der Waals surface area contributed by atoms with Gasteiger partial charge in [-0.3, -0.25) is 9.48 Å². The number of amides is 1. The maximum atomic E-state index is 12.9. The topological polar surface area (TPSA) is 115 Å². The third-order valence-corrected chi connectivity index (χ3v) is 5.55. The molecular formula is C23H24N6O3. The molecule has 9 nitrogen and oxygen atoms in total. The van der Waals surface area contributed by atoms with Crippen molar-refractivity contribution in [3.05, 3.63) is 54.1 Å². The first-order valence-corrected chi connectivity index (χ1v) is 10.4. The van der Waals surface area contributed by atoms with E-state index in [0.29, 0.717) is 17.1 Å². The van der Waals surface area contributed by atoms with Gasteiger partial charge < -0.3 is 14.8 Å². The van der Waals surface area contributed by atoms with Crippen LogP contribution in [0.25, 0.3) is 11.3 Å². The number of hydrogen-bond acceptors (Lipinski definition) is 7. The molecule has 0 bridgehead atoms. The van der Waals surface area contributed by atoms with Gasteiger partial charge in [-0.15, -0.1) is 0 Å². The van der Waals surface area contributed by atoms with E-state index in [0.717, 1.165) is 31.2 Å². The van der Waals surface area contributed by atoms with Crippen LogP contribution >= 0.6 is 0 Å². The second-order valence-electron chi connectivity index (χ2n) is 7.63. The number of aromatic nitrogens is 4. The zero-order chi connectivity index (χ0) is 22.5. The summed E-state index contributed by atoms with van der Waals surface area (Å²) < 4.78 is 12.9. The number of nitrogens with one attached hydrogen (secondary N) is 1. The summed E-state index contributed by atoms with van der Waals surface area (Å²) in [5.74, 6) is 0.811. The quantitative estimate of drug-likeness (QED) is 0.637. The van der Waals surface area contributed by atoms with Crippen molar-refractivity contribution in [3.8, 4) is 29.0 Å². The highest BCUT2D eigenvalue weighted by Gasteiger charge is 2.26. The molecule has 1 aromatic carbocycles. The van der Waals surface area contributed by atoms with Gasteiger partial charge in [0, 0.05) is 31.0 Å². The van der Waals surface area contributed by atoms with Crippen molar-refractivity contribution in [2.75, 3.05) is 7.11 Å². The SMILES string of the molecule is COc1ccccc1-c1cc(C(=O)NC2CCC(Oc3nccnc3C#N)CC2)n(C)n1. The first kappa shape index (κ1) is 21.3. The average Bonchev–Trinajstić information content (AvgIpc) is 3.22. The minimum absolute atomic E-state index is 0.0456. The molecule has 0 radical (unpaired) electrons. The normalized spacial score (nSPS) is 17.9.